The average molecular weight is 779 g/mol. The van der Waals surface area contributed by atoms with E-state index < -0.39 is 0 Å². The van der Waals surface area contributed by atoms with Gasteiger partial charge in [-0.1, -0.05) is 170 Å². The fourth-order valence-corrected chi connectivity index (χ4v) is 9.27. The van der Waals surface area contributed by atoms with E-state index in [-0.39, 0.29) is 0 Å². The van der Waals surface area contributed by atoms with Crippen LogP contribution in [-0.2, 0) is 0 Å². The molecule has 12 aromatic rings. The molecular weight excluding hydrogens is 741 g/mol. The van der Waals surface area contributed by atoms with E-state index in [2.05, 4.69) is 234 Å². The van der Waals surface area contributed by atoms with Crippen molar-refractivity contribution in [2.45, 2.75) is 0 Å². The van der Waals surface area contributed by atoms with E-state index in [0.717, 1.165) is 55.8 Å². The van der Waals surface area contributed by atoms with Gasteiger partial charge in [-0.2, -0.15) is 0 Å². The number of rotatable bonds is 7. The SMILES string of the molecule is c1ccc(-c2ccc(N(c3ccc(-c4cc(-n5c6ccccc6c6ccc(-c7ccccc7)cc65)cc5c4oc4ccccc45)cc3)c3cccc4ccccc34)cc2)cc1. The van der Waals surface area contributed by atoms with Crippen LogP contribution in [0.15, 0.2) is 235 Å². The molecule has 0 saturated heterocycles. The van der Waals surface area contributed by atoms with Crippen LogP contribution in [0.1, 0.15) is 0 Å². The lowest BCUT2D eigenvalue weighted by atomic mass is 9.99. The highest BCUT2D eigenvalue weighted by atomic mass is 16.3. The molecule has 0 radical (unpaired) electrons. The molecule has 61 heavy (non-hydrogen) atoms. The normalized spacial score (nSPS) is 11.6. The summed E-state index contributed by atoms with van der Waals surface area (Å²) < 4.78 is 9.18. The first-order valence-electron chi connectivity index (χ1n) is 20.8. The summed E-state index contributed by atoms with van der Waals surface area (Å²) in [4.78, 5) is 2.37. The molecule has 0 spiro atoms. The van der Waals surface area contributed by atoms with Gasteiger partial charge in [-0.25, -0.2) is 0 Å². The van der Waals surface area contributed by atoms with Crippen molar-refractivity contribution < 1.29 is 4.42 Å². The molecule has 0 fully saturated rings. The van der Waals surface area contributed by atoms with E-state index in [0.29, 0.717) is 0 Å². The second kappa shape index (κ2) is 14.3. The lowest BCUT2D eigenvalue weighted by Crippen LogP contribution is -2.10. The fraction of sp³-hybridized carbons (Fsp3) is 0. The van der Waals surface area contributed by atoms with Crippen LogP contribution in [0.2, 0.25) is 0 Å². The van der Waals surface area contributed by atoms with Crippen molar-refractivity contribution in [3.05, 3.63) is 231 Å². The van der Waals surface area contributed by atoms with Crippen molar-refractivity contribution in [3.8, 4) is 39.1 Å². The molecule has 0 saturated carbocycles. The molecule has 3 nitrogen and oxygen atoms in total. The summed E-state index contributed by atoms with van der Waals surface area (Å²) >= 11 is 0. The van der Waals surface area contributed by atoms with E-state index in [4.69, 9.17) is 4.42 Å². The quantitative estimate of drug-likeness (QED) is 0.161. The number of nitrogens with zero attached hydrogens (tertiary/aromatic N) is 2. The smallest absolute Gasteiger partial charge is 0.143 e. The molecule has 12 rings (SSSR count). The minimum absolute atomic E-state index is 0.877. The standard InChI is InChI=1S/C58H38N2O/c1-3-14-39(15-4-1)41-26-31-45(32-27-41)59(54-24-13-19-42-18-7-8-20-48(42)54)46-33-28-43(29-34-46)52-37-47(38-53-51-22-10-12-25-57(51)61-58(52)53)60-55-23-11-9-21-49(55)50-35-30-44(36-56(50)60)40-16-5-2-6-17-40/h1-38H. The van der Waals surface area contributed by atoms with Crippen LogP contribution in [0.25, 0.3) is 93.6 Å². The van der Waals surface area contributed by atoms with Crippen molar-refractivity contribution in [1.29, 1.82) is 0 Å². The first-order chi connectivity index (χ1) is 30.2. The van der Waals surface area contributed by atoms with Crippen LogP contribution in [0.4, 0.5) is 17.1 Å². The van der Waals surface area contributed by atoms with Crippen LogP contribution in [0.3, 0.4) is 0 Å². The summed E-state index contributed by atoms with van der Waals surface area (Å²) in [6.07, 6.45) is 0. The Hall–Kier alpha value is -8.14. The van der Waals surface area contributed by atoms with E-state index in [9.17, 15) is 0 Å². The Morgan fingerprint density at radius 1 is 0.344 bits per heavy atom. The number of hydrogen-bond acceptors (Lipinski definition) is 2. The molecule has 0 amide bonds. The second-order valence-corrected chi connectivity index (χ2v) is 15.7. The zero-order chi connectivity index (χ0) is 40.3. The van der Waals surface area contributed by atoms with E-state index in [1.54, 1.807) is 0 Å². The lowest BCUT2D eigenvalue weighted by molar-refractivity contribution is 0.670. The predicted octanol–water partition coefficient (Wildman–Crippen LogP) is 16.3. The maximum Gasteiger partial charge on any atom is 0.143 e. The van der Waals surface area contributed by atoms with E-state index in [1.165, 1.54) is 54.8 Å². The predicted molar refractivity (Wildman–Crippen MR) is 257 cm³/mol. The zero-order valence-electron chi connectivity index (χ0n) is 33.2. The maximum absolute atomic E-state index is 6.75. The van der Waals surface area contributed by atoms with Gasteiger partial charge in [-0.15, -0.1) is 0 Å². The second-order valence-electron chi connectivity index (χ2n) is 15.7. The summed E-state index contributed by atoms with van der Waals surface area (Å²) in [5.41, 5.74) is 15.4. The number of furan rings is 1. The Morgan fingerprint density at radius 2 is 0.902 bits per heavy atom. The van der Waals surface area contributed by atoms with Gasteiger partial charge in [0.2, 0.25) is 0 Å². The Morgan fingerprint density at radius 3 is 1.66 bits per heavy atom. The highest BCUT2D eigenvalue weighted by Crippen LogP contribution is 2.44. The molecule has 0 aliphatic heterocycles. The molecule has 0 unspecified atom stereocenters. The first-order valence-corrected chi connectivity index (χ1v) is 20.8. The molecule has 2 aromatic heterocycles. The van der Waals surface area contributed by atoms with Crippen molar-refractivity contribution in [2.75, 3.05) is 4.90 Å². The van der Waals surface area contributed by atoms with Gasteiger partial charge in [0.05, 0.1) is 16.7 Å². The van der Waals surface area contributed by atoms with Crippen LogP contribution in [0, 0.1) is 0 Å². The third kappa shape index (κ3) is 5.90. The third-order valence-electron chi connectivity index (χ3n) is 12.2. The molecule has 0 atom stereocenters. The van der Waals surface area contributed by atoms with Gasteiger partial charge in [-0.05, 0) is 93.9 Å². The number of hydrogen-bond donors (Lipinski definition) is 0. The van der Waals surface area contributed by atoms with Crippen LogP contribution in [-0.4, -0.2) is 4.57 Å². The molecule has 0 aliphatic carbocycles. The van der Waals surface area contributed by atoms with Gasteiger partial charge in [0.15, 0.2) is 0 Å². The Kier molecular flexibility index (Phi) is 8.17. The van der Waals surface area contributed by atoms with Gasteiger partial charge < -0.3 is 13.9 Å². The molecule has 10 aromatic carbocycles. The molecule has 0 bridgehead atoms. The summed E-state index contributed by atoms with van der Waals surface area (Å²) in [5, 5.41) is 7.04. The number of para-hydroxylation sites is 2. The zero-order valence-corrected chi connectivity index (χ0v) is 33.2. The summed E-state index contributed by atoms with van der Waals surface area (Å²) in [6, 6.07) is 82.9. The van der Waals surface area contributed by atoms with Gasteiger partial charge >= 0.3 is 0 Å². The van der Waals surface area contributed by atoms with Gasteiger partial charge in [0.1, 0.15) is 11.2 Å². The number of anilines is 3. The number of aromatic nitrogens is 1. The summed E-state index contributed by atoms with van der Waals surface area (Å²) in [5.74, 6) is 0. The molecule has 2 heterocycles. The van der Waals surface area contributed by atoms with Crippen molar-refractivity contribution in [1.82, 2.24) is 4.57 Å². The van der Waals surface area contributed by atoms with Crippen molar-refractivity contribution in [3.63, 3.8) is 0 Å². The highest BCUT2D eigenvalue weighted by Gasteiger charge is 2.20. The Labute approximate surface area is 353 Å². The summed E-state index contributed by atoms with van der Waals surface area (Å²) in [6.45, 7) is 0. The largest absolute Gasteiger partial charge is 0.455 e. The molecule has 3 heteroatoms. The van der Waals surface area contributed by atoms with Crippen molar-refractivity contribution in [2.24, 2.45) is 0 Å². The Balaban J connectivity index is 1.04. The van der Waals surface area contributed by atoms with E-state index >= 15 is 0 Å². The van der Waals surface area contributed by atoms with Crippen LogP contribution >= 0.6 is 0 Å². The van der Waals surface area contributed by atoms with Gasteiger partial charge in [0.25, 0.3) is 0 Å². The monoisotopic (exact) mass is 778 g/mol. The molecule has 286 valence electrons. The first kappa shape index (κ1) is 34.9. The molecular formula is C58H38N2O. The lowest BCUT2D eigenvalue weighted by Gasteiger charge is -2.27. The Bertz CT molecular complexity index is 3560. The van der Waals surface area contributed by atoms with E-state index in [1.807, 2.05) is 6.07 Å². The topological polar surface area (TPSA) is 21.3 Å². The highest BCUT2D eigenvalue weighted by molar-refractivity contribution is 6.13. The van der Waals surface area contributed by atoms with Crippen molar-refractivity contribution >= 4 is 71.6 Å². The fourth-order valence-electron chi connectivity index (χ4n) is 9.27. The third-order valence-corrected chi connectivity index (χ3v) is 12.2. The molecule has 0 N–H and O–H groups in total. The number of fused-ring (bicyclic) bond motifs is 7. The number of benzene rings is 10. The minimum atomic E-state index is 0.877. The summed E-state index contributed by atoms with van der Waals surface area (Å²) in [7, 11) is 0. The maximum atomic E-state index is 6.75. The van der Waals surface area contributed by atoms with Crippen LogP contribution in [0.5, 0.6) is 0 Å². The minimum Gasteiger partial charge on any atom is -0.455 e. The van der Waals surface area contributed by atoms with Gasteiger partial charge in [0, 0.05) is 49.6 Å². The average Bonchev–Trinajstić information content (AvgIpc) is 3.88. The molecule has 0 aliphatic rings. The van der Waals surface area contributed by atoms with Crippen LogP contribution < -0.4 is 4.90 Å². The van der Waals surface area contributed by atoms with Gasteiger partial charge in [-0.3, -0.25) is 0 Å².